The van der Waals surface area contributed by atoms with Gasteiger partial charge in [-0.15, -0.1) is 0 Å². The zero-order chi connectivity index (χ0) is 12.3. The van der Waals surface area contributed by atoms with Crippen LogP contribution in [0, 0.1) is 5.41 Å². The highest BCUT2D eigenvalue weighted by Crippen LogP contribution is 2.48. The summed E-state index contributed by atoms with van der Waals surface area (Å²) in [4.78, 5) is 15.8. The molecule has 0 aromatic carbocycles. The van der Waals surface area contributed by atoms with Crippen LogP contribution < -0.4 is 5.32 Å². The van der Waals surface area contributed by atoms with Crippen molar-refractivity contribution in [3.63, 3.8) is 0 Å². The lowest BCUT2D eigenvalue weighted by atomic mass is 10.0. The molecule has 0 spiro atoms. The first-order chi connectivity index (χ1) is 8.17. The molecule has 0 unspecified atom stereocenters. The molecule has 1 N–H and O–H groups in total. The van der Waals surface area contributed by atoms with Crippen LogP contribution in [0.3, 0.4) is 0 Å². The van der Waals surface area contributed by atoms with Crippen molar-refractivity contribution in [2.45, 2.75) is 32.6 Å². The summed E-state index contributed by atoms with van der Waals surface area (Å²) in [5.41, 5.74) is 0.873. The first kappa shape index (κ1) is 12.4. The van der Waals surface area contributed by atoms with Gasteiger partial charge in [0, 0.05) is 18.9 Å². The predicted octanol–water partition coefficient (Wildman–Crippen LogP) is 3.05. The van der Waals surface area contributed by atoms with Crippen molar-refractivity contribution in [1.82, 2.24) is 10.3 Å². The second-order valence-electron chi connectivity index (χ2n) is 4.79. The second kappa shape index (κ2) is 5.05. The molecule has 1 heterocycles. The Hall–Kier alpha value is -1.09. The second-order valence-corrected chi connectivity index (χ2v) is 5.20. The molecule has 3 nitrogen and oxygen atoms in total. The Morgan fingerprint density at radius 1 is 1.59 bits per heavy atom. The Kier molecular flexibility index (Phi) is 3.67. The Labute approximate surface area is 107 Å². The monoisotopic (exact) mass is 252 g/mol. The van der Waals surface area contributed by atoms with Crippen molar-refractivity contribution in [1.29, 1.82) is 0 Å². The van der Waals surface area contributed by atoms with E-state index >= 15 is 0 Å². The van der Waals surface area contributed by atoms with Crippen LogP contribution in [0.2, 0.25) is 5.02 Å². The number of aromatic nitrogens is 1. The van der Waals surface area contributed by atoms with Crippen LogP contribution in [0.1, 0.15) is 43.0 Å². The smallest absolute Gasteiger partial charge is 0.252 e. The van der Waals surface area contributed by atoms with E-state index in [2.05, 4.69) is 17.2 Å². The SMILES string of the molecule is CCCC1(CNC(=O)c2ccncc2Cl)CC1. The molecule has 4 heteroatoms. The van der Waals surface area contributed by atoms with Crippen LogP contribution in [0.15, 0.2) is 18.5 Å². The van der Waals surface area contributed by atoms with Crippen LogP contribution in [0.25, 0.3) is 0 Å². The lowest BCUT2D eigenvalue weighted by Crippen LogP contribution is -2.30. The Balaban J connectivity index is 1.92. The maximum atomic E-state index is 11.9. The van der Waals surface area contributed by atoms with Crippen molar-refractivity contribution >= 4 is 17.5 Å². The van der Waals surface area contributed by atoms with Gasteiger partial charge in [0.2, 0.25) is 0 Å². The Morgan fingerprint density at radius 2 is 2.35 bits per heavy atom. The van der Waals surface area contributed by atoms with Gasteiger partial charge in [0.05, 0.1) is 10.6 Å². The zero-order valence-electron chi connectivity index (χ0n) is 10.0. The molecule has 17 heavy (non-hydrogen) atoms. The molecule has 92 valence electrons. The average Bonchev–Trinajstić information content (AvgIpc) is 3.08. The van der Waals surface area contributed by atoms with Crippen LogP contribution in [-0.2, 0) is 0 Å². The molecule has 1 saturated carbocycles. The molecule has 1 amide bonds. The summed E-state index contributed by atoms with van der Waals surface area (Å²) in [6.45, 7) is 2.94. The molecule has 0 atom stereocenters. The quantitative estimate of drug-likeness (QED) is 0.875. The van der Waals surface area contributed by atoms with E-state index in [0.717, 1.165) is 6.54 Å². The normalized spacial score (nSPS) is 16.6. The van der Waals surface area contributed by atoms with Crippen LogP contribution in [-0.4, -0.2) is 17.4 Å². The van der Waals surface area contributed by atoms with E-state index in [-0.39, 0.29) is 5.91 Å². The van der Waals surface area contributed by atoms with Gasteiger partial charge in [0.15, 0.2) is 0 Å². The van der Waals surface area contributed by atoms with Gasteiger partial charge >= 0.3 is 0 Å². The van der Waals surface area contributed by atoms with Gasteiger partial charge in [-0.05, 0) is 30.7 Å². The lowest BCUT2D eigenvalue weighted by Gasteiger charge is -2.15. The molecule has 1 aromatic rings. The minimum absolute atomic E-state index is 0.0974. The lowest BCUT2D eigenvalue weighted by molar-refractivity contribution is 0.0944. The number of carbonyl (C=O) groups excluding carboxylic acids is 1. The van der Waals surface area contributed by atoms with E-state index in [0.29, 0.717) is 16.0 Å². The average molecular weight is 253 g/mol. The van der Waals surface area contributed by atoms with E-state index in [1.54, 1.807) is 12.3 Å². The Bertz CT molecular complexity index is 416. The van der Waals surface area contributed by atoms with Crippen molar-refractivity contribution in [2.24, 2.45) is 5.41 Å². The highest BCUT2D eigenvalue weighted by molar-refractivity contribution is 6.33. The summed E-state index contributed by atoms with van der Waals surface area (Å²) >= 11 is 5.92. The number of carbonyl (C=O) groups is 1. The fraction of sp³-hybridized carbons (Fsp3) is 0.538. The molecule has 0 saturated heterocycles. The summed E-state index contributed by atoms with van der Waals surface area (Å²) in [5.74, 6) is -0.0974. The molecular formula is C13H17ClN2O. The first-order valence-corrected chi connectivity index (χ1v) is 6.42. The fourth-order valence-corrected chi connectivity index (χ4v) is 2.35. The summed E-state index contributed by atoms with van der Waals surface area (Å²) in [7, 11) is 0. The molecule has 0 bridgehead atoms. The van der Waals surface area contributed by atoms with Gasteiger partial charge in [0.25, 0.3) is 5.91 Å². The summed E-state index contributed by atoms with van der Waals surface area (Å²) in [5, 5.41) is 3.38. The number of halogens is 1. The largest absolute Gasteiger partial charge is 0.351 e. The minimum atomic E-state index is -0.0974. The highest BCUT2D eigenvalue weighted by Gasteiger charge is 2.41. The van der Waals surface area contributed by atoms with E-state index in [9.17, 15) is 4.79 Å². The number of hydrogen-bond donors (Lipinski definition) is 1. The minimum Gasteiger partial charge on any atom is -0.351 e. The third-order valence-corrected chi connectivity index (χ3v) is 3.68. The maximum absolute atomic E-state index is 11.9. The topological polar surface area (TPSA) is 42.0 Å². The zero-order valence-corrected chi connectivity index (χ0v) is 10.8. The highest BCUT2D eigenvalue weighted by atomic mass is 35.5. The van der Waals surface area contributed by atoms with Gasteiger partial charge in [0.1, 0.15) is 0 Å². The van der Waals surface area contributed by atoms with Gasteiger partial charge < -0.3 is 5.32 Å². The summed E-state index contributed by atoms with van der Waals surface area (Å²) in [6, 6.07) is 1.65. The number of nitrogens with one attached hydrogen (secondary N) is 1. The third-order valence-electron chi connectivity index (χ3n) is 3.38. The van der Waals surface area contributed by atoms with Crippen molar-refractivity contribution in [2.75, 3.05) is 6.54 Å². The predicted molar refractivity (Wildman–Crippen MR) is 68.2 cm³/mol. The van der Waals surface area contributed by atoms with E-state index < -0.39 is 0 Å². The number of pyridine rings is 1. The van der Waals surface area contributed by atoms with Gasteiger partial charge in [-0.2, -0.15) is 0 Å². The standard InChI is InChI=1S/C13H17ClN2O/c1-2-4-13(5-6-13)9-16-12(17)10-3-7-15-8-11(10)14/h3,7-8H,2,4-6,9H2,1H3,(H,16,17). The number of hydrogen-bond acceptors (Lipinski definition) is 2. The van der Waals surface area contributed by atoms with Crippen LogP contribution in [0.4, 0.5) is 0 Å². The number of rotatable bonds is 5. The molecule has 1 aliphatic carbocycles. The van der Waals surface area contributed by atoms with Gasteiger partial charge in [-0.3, -0.25) is 9.78 Å². The van der Waals surface area contributed by atoms with Crippen LogP contribution >= 0.6 is 11.6 Å². The number of amides is 1. The van der Waals surface area contributed by atoms with Gasteiger partial charge in [-0.1, -0.05) is 24.9 Å². The first-order valence-electron chi connectivity index (χ1n) is 6.05. The van der Waals surface area contributed by atoms with Crippen molar-refractivity contribution in [3.8, 4) is 0 Å². The molecule has 1 fully saturated rings. The van der Waals surface area contributed by atoms with Crippen LogP contribution in [0.5, 0.6) is 0 Å². The molecule has 0 radical (unpaired) electrons. The fourth-order valence-electron chi connectivity index (χ4n) is 2.14. The molecule has 0 aliphatic heterocycles. The summed E-state index contributed by atoms with van der Waals surface area (Å²) in [6.07, 6.45) is 7.90. The van der Waals surface area contributed by atoms with E-state index in [1.807, 2.05) is 0 Å². The molecule has 1 aromatic heterocycles. The van der Waals surface area contributed by atoms with E-state index in [4.69, 9.17) is 11.6 Å². The van der Waals surface area contributed by atoms with E-state index in [1.165, 1.54) is 31.9 Å². The molecule has 2 rings (SSSR count). The molecule has 1 aliphatic rings. The van der Waals surface area contributed by atoms with Crippen molar-refractivity contribution < 1.29 is 4.79 Å². The summed E-state index contributed by atoms with van der Waals surface area (Å²) < 4.78 is 0. The van der Waals surface area contributed by atoms with Gasteiger partial charge in [-0.25, -0.2) is 0 Å². The number of nitrogens with zero attached hydrogens (tertiary/aromatic N) is 1. The third kappa shape index (κ3) is 2.97. The maximum Gasteiger partial charge on any atom is 0.252 e. The molecular weight excluding hydrogens is 236 g/mol. The Morgan fingerprint density at radius 3 is 2.94 bits per heavy atom. The van der Waals surface area contributed by atoms with Crippen molar-refractivity contribution in [3.05, 3.63) is 29.0 Å².